The van der Waals surface area contributed by atoms with Crippen LogP contribution < -0.4 is 16.4 Å². The molecule has 7 nitrogen and oxygen atoms in total. The highest BCUT2D eigenvalue weighted by molar-refractivity contribution is 9.10. The smallest absolute Gasteiger partial charge is 0.223 e. The van der Waals surface area contributed by atoms with Crippen molar-refractivity contribution in [1.82, 2.24) is 14.9 Å². The number of rotatable bonds is 2. The second-order valence-corrected chi connectivity index (χ2v) is 6.56. The van der Waals surface area contributed by atoms with Gasteiger partial charge in [0.05, 0.1) is 6.04 Å². The molecule has 1 aromatic heterocycles. The summed E-state index contributed by atoms with van der Waals surface area (Å²) in [6.07, 6.45) is 0. The molecule has 3 rings (SSSR count). The summed E-state index contributed by atoms with van der Waals surface area (Å²) in [7, 11) is 0. The lowest BCUT2D eigenvalue weighted by atomic mass is 10.0. The van der Waals surface area contributed by atoms with Gasteiger partial charge in [0.2, 0.25) is 11.9 Å². The van der Waals surface area contributed by atoms with Gasteiger partial charge in [0.15, 0.2) is 0 Å². The largest absolute Gasteiger partial charge is 0.383 e. The lowest BCUT2D eigenvalue weighted by molar-refractivity contribution is -0.131. The Kier molecular flexibility index (Phi) is 4.57. The van der Waals surface area contributed by atoms with Gasteiger partial charge in [-0.3, -0.25) is 4.79 Å². The third-order valence-electron chi connectivity index (χ3n) is 4.12. The molecule has 1 aliphatic rings. The van der Waals surface area contributed by atoms with Crippen LogP contribution in [0.3, 0.4) is 0 Å². The van der Waals surface area contributed by atoms with Crippen LogP contribution in [-0.2, 0) is 4.79 Å². The quantitative estimate of drug-likeness (QED) is 0.810. The summed E-state index contributed by atoms with van der Waals surface area (Å²) in [5.41, 5.74) is 12.6. The van der Waals surface area contributed by atoms with Gasteiger partial charge in [-0.1, -0.05) is 34.1 Å². The molecule has 8 heteroatoms. The number of benzene rings is 1. The van der Waals surface area contributed by atoms with Crippen molar-refractivity contribution < 1.29 is 4.79 Å². The van der Waals surface area contributed by atoms with Gasteiger partial charge >= 0.3 is 0 Å². The number of piperazine rings is 1. The Morgan fingerprint density at radius 2 is 2.00 bits per heavy atom. The van der Waals surface area contributed by atoms with Gasteiger partial charge in [-0.05, 0) is 11.6 Å². The van der Waals surface area contributed by atoms with Crippen molar-refractivity contribution >= 4 is 39.4 Å². The van der Waals surface area contributed by atoms with Crippen LogP contribution in [0, 0.1) is 0 Å². The second kappa shape index (κ2) is 6.64. The van der Waals surface area contributed by atoms with Crippen molar-refractivity contribution in [3.05, 3.63) is 40.4 Å². The predicted molar refractivity (Wildman–Crippen MR) is 97.3 cm³/mol. The monoisotopic (exact) mass is 390 g/mol. The Balaban J connectivity index is 1.95. The number of hydrogen-bond donors (Lipinski definition) is 2. The molecule has 1 saturated heterocycles. The average Bonchev–Trinajstić information content (AvgIpc) is 2.53. The molecule has 1 amide bonds. The van der Waals surface area contributed by atoms with Crippen molar-refractivity contribution in [2.45, 2.75) is 13.0 Å². The summed E-state index contributed by atoms with van der Waals surface area (Å²) in [5, 5.41) is 0. The molecule has 2 heterocycles. The molecular weight excluding hydrogens is 372 g/mol. The Bertz CT molecular complexity index is 748. The van der Waals surface area contributed by atoms with E-state index >= 15 is 0 Å². The number of nitrogen functional groups attached to an aromatic ring is 2. The highest BCUT2D eigenvalue weighted by atomic mass is 79.9. The Morgan fingerprint density at radius 1 is 1.25 bits per heavy atom. The van der Waals surface area contributed by atoms with Crippen LogP contribution in [0.15, 0.2) is 34.8 Å². The van der Waals surface area contributed by atoms with Crippen LogP contribution in [0.1, 0.15) is 18.5 Å². The van der Waals surface area contributed by atoms with Crippen molar-refractivity contribution in [2.75, 3.05) is 36.0 Å². The minimum atomic E-state index is -0.0794. The fourth-order valence-electron chi connectivity index (χ4n) is 3.01. The molecule has 1 aromatic carbocycles. The third kappa shape index (κ3) is 3.28. The first-order chi connectivity index (χ1) is 11.5. The van der Waals surface area contributed by atoms with E-state index in [4.69, 9.17) is 11.5 Å². The van der Waals surface area contributed by atoms with Crippen molar-refractivity contribution in [1.29, 1.82) is 0 Å². The normalized spacial score (nSPS) is 17.8. The van der Waals surface area contributed by atoms with E-state index < -0.39 is 0 Å². The van der Waals surface area contributed by atoms with Crippen LogP contribution in [-0.4, -0.2) is 40.4 Å². The minimum absolute atomic E-state index is 0.0529. The van der Waals surface area contributed by atoms with Gasteiger partial charge in [-0.25, -0.2) is 0 Å². The Hall–Kier alpha value is -2.35. The van der Waals surface area contributed by atoms with E-state index in [2.05, 4.69) is 30.8 Å². The molecule has 2 aromatic rings. The number of nitrogens with two attached hydrogens (primary N) is 2. The topological polar surface area (TPSA) is 101 Å². The standard InChI is InChI=1S/C16H19BrN6O/c1-10(24)23-7-6-22(15-8-14(18)20-16(19)21-15)9-13(23)11-4-2-3-5-12(11)17/h2-5,8,13H,6-7,9H2,1H3,(H4,18,19,20,21)/t13-/m0/s1. The van der Waals surface area contributed by atoms with E-state index in [1.807, 2.05) is 29.2 Å². The summed E-state index contributed by atoms with van der Waals surface area (Å²) >= 11 is 3.59. The summed E-state index contributed by atoms with van der Waals surface area (Å²) in [6, 6.07) is 9.56. The first-order valence-electron chi connectivity index (χ1n) is 7.62. The number of carbonyl (C=O) groups excluding carboxylic acids is 1. The number of amides is 1. The molecular formula is C16H19BrN6O. The number of aromatic nitrogens is 2. The summed E-state index contributed by atoms with van der Waals surface area (Å²) in [4.78, 5) is 24.2. The fraction of sp³-hybridized carbons (Fsp3) is 0.312. The molecule has 1 fully saturated rings. The van der Waals surface area contributed by atoms with Gasteiger partial charge in [0, 0.05) is 37.1 Å². The van der Waals surface area contributed by atoms with E-state index in [1.165, 1.54) is 0 Å². The molecule has 0 spiro atoms. The number of nitrogens with zero attached hydrogens (tertiary/aromatic N) is 4. The number of hydrogen-bond acceptors (Lipinski definition) is 6. The molecule has 0 radical (unpaired) electrons. The van der Waals surface area contributed by atoms with Crippen LogP contribution in [0.4, 0.5) is 17.6 Å². The predicted octanol–water partition coefficient (Wildman–Crippen LogP) is 1.81. The highest BCUT2D eigenvalue weighted by Crippen LogP contribution is 2.32. The van der Waals surface area contributed by atoms with Crippen LogP contribution >= 0.6 is 15.9 Å². The average molecular weight is 391 g/mol. The number of anilines is 3. The molecule has 0 aliphatic carbocycles. The molecule has 4 N–H and O–H groups in total. The third-order valence-corrected chi connectivity index (χ3v) is 4.84. The highest BCUT2D eigenvalue weighted by Gasteiger charge is 2.31. The van der Waals surface area contributed by atoms with Gasteiger partial charge in [-0.15, -0.1) is 0 Å². The molecule has 0 bridgehead atoms. The zero-order valence-corrected chi connectivity index (χ0v) is 14.9. The van der Waals surface area contributed by atoms with E-state index in [-0.39, 0.29) is 17.9 Å². The molecule has 0 saturated carbocycles. The van der Waals surface area contributed by atoms with Crippen LogP contribution in [0.2, 0.25) is 0 Å². The van der Waals surface area contributed by atoms with E-state index in [0.29, 0.717) is 31.3 Å². The zero-order valence-electron chi connectivity index (χ0n) is 13.3. The van der Waals surface area contributed by atoms with Crippen molar-refractivity contribution in [3.63, 3.8) is 0 Å². The van der Waals surface area contributed by atoms with Gasteiger partial charge in [0.1, 0.15) is 11.6 Å². The Morgan fingerprint density at radius 3 is 2.67 bits per heavy atom. The van der Waals surface area contributed by atoms with E-state index in [0.717, 1.165) is 10.0 Å². The fourth-order valence-corrected chi connectivity index (χ4v) is 3.56. The zero-order chi connectivity index (χ0) is 17.3. The van der Waals surface area contributed by atoms with E-state index in [9.17, 15) is 4.79 Å². The number of halogens is 1. The molecule has 0 unspecified atom stereocenters. The molecule has 24 heavy (non-hydrogen) atoms. The second-order valence-electron chi connectivity index (χ2n) is 5.70. The van der Waals surface area contributed by atoms with Crippen molar-refractivity contribution in [2.24, 2.45) is 0 Å². The maximum Gasteiger partial charge on any atom is 0.223 e. The summed E-state index contributed by atoms with van der Waals surface area (Å²) in [5.74, 6) is 1.22. The van der Waals surface area contributed by atoms with Gasteiger partial charge in [-0.2, -0.15) is 9.97 Å². The van der Waals surface area contributed by atoms with Crippen molar-refractivity contribution in [3.8, 4) is 0 Å². The maximum atomic E-state index is 12.1. The first-order valence-corrected chi connectivity index (χ1v) is 8.41. The number of carbonyl (C=O) groups is 1. The van der Waals surface area contributed by atoms with Gasteiger partial charge < -0.3 is 21.3 Å². The molecule has 1 atom stereocenters. The maximum absolute atomic E-state index is 12.1. The summed E-state index contributed by atoms with van der Waals surface area (Å²) in [6.45, 7) is 3.47. The molecule has 1 aliphatic heterocycles. The molecule has 126 valence electrons. The lowest BCUT2D eigenvalue weighted by Crippen LogP contribution is -2.50. The van der Waals surface area contributed by atoms with E-state index in [1.54, 1.807) is 13.0 Å². The lowest BCUT2D eigenvalue weighted by Gasteiger charge is -2.42. The van der Waals surface area contributed by atoms with Crippen LogP contribution in [0.25, 0.3) is 0 Å². The SMILES string of the molecule is CC(=O)N1CCN(c2cc(N)nc(N)n2)C[C@H]1c1ccccc1Br. The minimum Gasteiger partial charge on any atom is -0.383 e. The van der Waals surface area contributed by atoms with Crippen LogP contribution in [0.5, 0.6) is 0 Å². The summed E-state index contributed by atoms with van der Waals surface area (Å²) < 4.78 is 0.977. The van der Waals surface area contributed by atoms with Gasteiger partial charge in [0.25, 0.3) is 0 Å². The first kappa shape index (κ1) is 16.5. The Labute approximate surface area is 148 Å².